The van der Waals surface area contributed by atoms with E-state index < -0.39 is 0 Å². The molecule has 0 saturated carbocycles. The second kappa shape index (κ2) is 2.84. The van der Waals surface area contributed by atoms with Crippen molar-refractivity contribution in [3.63, 3.8) is 0 Å². The molecule has 1 atom stereocenters. The first kappa shape index (κ1) is 7.28. The first-order valence-corrected chi connectivity index (χ1v) is 3.46. The van der Waals surface area contributed by atoms with Crippen molar-refractivity contribution in [1.82, 2.24) is 5.43 Å². The van der Waals surface area contributed by atoms with Crippen molar-refractivity contribution < 1.29 is 0 Å². The number of hydrazone groups is 1. The number of nitrogens with zero attached hydrogens (tertiary/aromatic N) is 1. The maximum Gasteiger partial charge on any atom is 0.110 e. The second-order valence-corrected chi connectivity index (χ2v) is 2.73. The van der Waals surface area contributed by atoms with Crippen LogP contribution < -0.4 is 11.2 Å². The Hall–Kier alpha value is -0.830. The van der Waals surface area contributed by atoms with Crippen molar-refractivity contribution in [3.05, 3.63) is 11.6 Å². The summed E-state index contributed by atoms with van der Waals surface area (Å²) in [5.41, 5.74) is 9.50. The van der Waals surface area contributed by atoms with Gasteiger partial charge in [-0.25, -0.2) is 0 Å². The van der Waals surface area contributed by atoms with E-state index >= 15 is 0 Å². The molecule has 1 aliphatic heterocycles. The standard InChI is InChI=1S/C7H13N3/c1-5(2)6-3-7(8)10-9-4-6/h3-5,7,10H,8H2,1-2H3. The van der Waals surface area contributed by atoms with Gasteiger partial charge in [-0.2, -0.15) is 5.10 Å². The third-order valence-corrected chi connectivity index (χ3v) is 1.48. The molecule has 0 saturated heterocycles. The lowest BCUT2D eigenvalue weighted by Gasteiger charge is -2.15. The number of rotatable bonds is 1. The van der Waals surface area contributed by atoms with E-state index in [1.54, 1.807) is 0 Å². The molecule has 0 fully saturated rings. The minimum atomic E-state index is -0.109. The third kappa shape index (κ3) is 1.57. The number of nitrogens with one attached hydrogen (secondary N) is 1. The molecule has 0 bridgehead atoms. The zero-order valence-electron chi connectivity index (χ0n) is 6.33. The monoisotopic (exact) mass is 139 g/mol. The van der Waals surface area contributed by atoms with Gasteiger partial charge in [-0.05, 0) is 17.6 Å². The van der Waals surface area contributed by atoms with Crippen LogP contribution in [0, 0.1) is 5.92 Å². The van der Waals surface area contributed by atoms with Crippen LogP contribution in [0.3, 0.4) is 0 Å². The highest BCUT2D eigenvalue weighted by molar-refractivity contribution is 5.79. The summed E-state index contributed by atoms with van der Waals surface area (Å²) in [5.74, 6) is 0.511. The van der Waals surface area contributed by atoms with E-state index in [-0.39, 0.29) is 6.17 Å². The van der Waals surface area contributed by atoms with Crippen LogP contribution in [0.2, 0.25) is 0 Å². The number of hydrogen-bond acceptors (Lipinski definition) is 3. The highest BCUT2D eigenvalue weighted by Gasteiger charge is 2.06. The van der Waals surface area contributed by atoms with Crippen molar-refractivity contribution in [2.75, 3.05) is 0 Å². The van der Waals surface area contributed by atoms with Gasteiger partial charge in [0.05, 0.1) is 6.21 Å². The fraction of sp³-hybridized carbons (Fsp3) is 0.571. The van der Waals surface area contributed by atoms with Gasteiger partial charge in [0.15, 0.2) is 0 Å². The molecule has 0 aromatic rings. The summed E-state index contributed by atoms with van der Waals surface area (Å²) in [6.07, 6.45) is 3.69. The van der Waals surface area contributed by atoms with Crippen molar-refractivity contribution in [2.24, 2.45) is 16.8 Å². The zero-order chi connectivity index (χ0) is 7.56. The highest BCUT2D eigenvalue weighted by atomic mass is 15.3. The summed E-state index contributed by atoms with van der Waals surface area (Å²) >= 11 is 0. The van der Waals surface area contributed by atoms with Crippen LogP contribution in [-0.4, -0.2) is 12.4 Å². The van der Waals surface area contributed by atoms with E-state index in [0.29, 0.717) is 5.92 Å². The largest absolute Gasteiger partial charge is 0.307 e. The van der Waals surface area contributed by atoms with E-state index in [9.17, 15) is 0 Å². The number of hydrogen-bond donors (Lipinski definition) is 2. The van der Waals surface area contributed by atoms with E-state index in [1.165, 1.54) is 5.57 Å². The van der Waals surface area contributed by atoms with Crippen molar-refractivity contribution in [1.29, 1.82) is 0 Å². The van der Waals surface area contributed by atoms with Gasteiger partial charge in [0, 0.05) is 0 Å². The summed E-state index contributed by atoms with van der Waals surface area (Å²) < 4.78 is 0. The lowest BCUT2D eigenvalue weighted by atomic mass is 10.0. The van der Waals surface area contributed by atoms with Gasteiger partial charge in [-0.1, -0.05) is 13.8 Å². The third-order valence-electron chi connectivity index (χ3n) is 1.48. The molecule has 10 heavy (non-hydrogen) atoms. The van der Waals surface area contributed by atoms with Crippen LogP contribution in [0.15, 0.2) is 16.8 Å². The van der Waals surface area contributed by atoms with Crippen molar-refractivity contribution in [3.8, 4) is 0 Å². The summed E-state index contributed by atoms with van der Waals surface area (Å²) in [6.45, 7) is 4.24. The van der Waals surface area contributed by atoms with E-state index in [1.807, 2.05) is 12.3 Å². The fourth-order valence-corrected chi connectivity index (χ4v) is 0.827. The minimum absolute atomic E-state index is 0.109. The number of nitrogens with two attached hydrogens (primary N) is 1. The molecule has 3 N–H and O–H groups in total. The molecule has 3 nitrogen and oxygen atoms in total. The first-order chi connectivity index (χ1) is 4.70. The van der Waals surface area contributed by atoms with Gasteiger partial charge in [0.25, 0.3) is 0 Å². The Labute approximate surface area is 61.0 Å². The quantitative estimate of drug-likeness (QED) is 0.554. The molecular formula is C7H13N3. The molecule has 0 radical (unpaired) electrons. The van der Waals surface area contributed by atoms with Gasteiger partial charge >= 0.3 is 0 Å². The Morgan fingerprint density at radius 1 is 1.70 bits per heavy atom. The molecule has 0 amide bonds. The summed E-state index contributed by atoms with van der Waals surface area (Å²) in [4.78, 5) is 0. The molecule has 1 unspecified atom stereocenters. The van der Waals surface area contributed by atoms with E-state index in [2.05, 4.69) is 24.4 Å². The Morgan fingerprint density at radius 2 is 2.40 bits per heavy atom. The summed E-state index contributed by atoms with van der Waals surface area (Å²) in [5, 5.41) is 3.89. The predicted molar refractivity (Wildman–Crippen MR) is 42.5 cm³/mol. The molecule has 1 heterocycles. The van der Waals surface area contributed by atoms with Crippen LogP contribution in [-0.2, 0) is 0 Å². The molecule has 56 valence electrons. The van der Waals surface area contributed by atoms with Crippen LogP contribution in [0.1, 0.15) is 13.8 Å². The molecule has 0 aromatic heterocycles. The molecule has 0 spiro atoms. The SMILES string of the molecule is CC(C)C1=CC(N)NN=C1. The highest BCUT2D eigenvalue weighted by Crippen LogP contribution is 2.08. The lowest BCUT2D eigenvalue weighted by Crippen LogP contribution is -2.34. The lowest BCUT2D eigenvalue weighted by molar-refractivity contribution is 0.625. The maximum absolute atomic E-state index is 5.56. The van der Waals surface area contributed by atoms with Crippen molar-refractivity contribution in [2.45, 2.75) is 20.0 Å². The molecular weight excluding hydrogens is 126 g/mol. The van der Waals surface area contributed by atoms with E-state index in [4.69, 9.17) is 5.73 Å². The van der Waals surface area contributed by atoms with Gasteiger partial charge < -0.3 is 5.73 Å². The minimum Gasteiger partial charge on any atom is -0.307 e. The second-order valence-electron chi connectivity index (χ2n) is 2.73. The zero-order valence-corrected chi connectivity index (χ0v) is 6.33. The Bertz CT molecular complexity index is 170. The van der Waals surface area contributed by atoms with Crippen LogP contribution in [0.5, 0.6) is 0 Å². The predicted octanol–water partition coefficient (Wildman–Crippen LogP) is 0.443. The molecule has 3 heteroatoms. The molecule has 1 aliphatic rings. The maximum atomic E-state index is 5.56. The van der Waals surface area contributed by atoms with Crippen LogP contribution in [0.25, 0.3) is 0 Å². The van der Waals surface area contributed by atoms with Gasteiger partial charge in [0.2, 0.25) is 0 Å². The summed E-state index contributed by atoms with van der Waals surface area (Å²) in [6, 6.07) is 0. The number of allylic oxidation sites excluding steroid dienone is 1. The van der Waals surface area contributed by atoms with Crippen molar-refractivity contribution >= 4 is 6.21 Å². The molecule has 1 rings (SSSR count). The van der Waals surface area contributed by atoms with E-state index in [0.717, 1.165) is 0 Å². The van der Waals surface area contributed by atoms with Crippen LogP contribution >= 0.6 is 0 Å². The average Bonchev–Trinajstić information content (AvgIpc) is 1.88. The topological polar surface area (TPSA) is 50.4 Å². The smallest absolute Gasteiger partial charge is 0.110 e. The summed E-state index contributed by atoms with van der Waals surface area (Å²) in [7, 11) is 0. The fourth-order valence-electron chi connectivity index (χ4n) is 0.827. The first-order valence-electron chi connectivity index (χ1n) is 3.46. The Morgan fingerprint density at radius 3 is 2.80 bits per heavy atom. The van der Waals surface area contributed by atoms with Gasteiger partial charge in [0.1, 0.15) is 6.17 Å². The Balaban J connectivity index is 2.66. The average molecular weight is 139 g/mol. The van der Waals surface area contributed by atoms with Gasteiger partial charge in [-0.15, -0.1) is 0 Å². The Kier molecular flexibility index (Phi) is 2.06. The van der Waals surface area contributed by atoms with Gasteiger partial charge in [-0.3, -0.25) is 5.43 Å². The molecule has 0 aliphatic carbocycles. The van der Waals surface area contributed by atoms with Crippen LogP contribution in [0.4, 0.5) is 0 Å². The normalized spacial score (nSPS) is 24.4. The molecule has 0 aromatic carbocycles.